The molecule has 1 heterocycles. The lowest BCUT2D eigenvalue weighted by Crippen LogP contribution is -2.21. The van der Waals surface area contributed by atoms with E-state index >= 15 is 0 Å². The summed E-state index contributed by atoms with van der Waals surface area (Å²) in [6.45, 7) is 1.70. The van der Waals surface area contributed by atoms with Crippen LogP contribution in [-0.4, -0.2) is 37.1 Å². The Balaban J connectivity index is 1.57. The van der Waals surface area contributed by atoms with Gasteiger partial charge >= 0.3 is 0 Å². The zero-order valence-corrected chi connectivity index (χ0v) is 17.6. The lowest BCUT2D eigenvalue weighted by molar-refractivity contribution is -0.384. The fourth-order valence-corrected chi connectivity index (χ4v) is 3.32. The highest BCUT2D eigenvalue weighted by atomic mass is 35.5. The Morgan fingerprint density at radius 3 is 2.50 bits per heavy atom. The second kappa shape index (κ2) is 9.51. The van der Waals surface area contributed by atoms with Gasteiger partial charge in [0, 0.05) is 29.8 Å². The molecule has 3 rings (SSSR count). The van der Waals surface area contributed by atoms with Gasteiger partial charge < -0.3 is 4.57 Å². The Labute approximate surface area is 181 Å². The fraction of sp³-hybridized carbons (Fsp3) is 0.158. The quantitative estimate of drug-likeness (QED) is 0.257. The zero-order chi connectivity index (χ0) is 21.7. The summed E-state index contributed by atoms with van der Waals surface area (Å²) >= 11 is 7.14. The molecule has 0 saturated heterocycles. The van der Waals surface area contributed by atoms with Gasteiger partial charge in [-0.25, -0.2) is 5.43 Å². The van der Waals surface area contributed by atoms with Crippen LogP contribution in [0, 0.1) is 10.1 Å². The van der Waals surface area contributed by atoms with Crippen LogP contribution >= 0.6 is 23.4 Å². The van der Waals surface area contributed by atoms with Gasteiger partial charge in [0.2, 0.25) is 0 Å². The maximum atomic E-state index is 12.1. The molecular formula is C19H17ClN6O3S. The molecule has 2 aromatic carbocycles. The lowest BCUT2D eigenvalue weighted by Gasteiger charge is -2.05. The normalized spacial score (nSPS) is 11.4. The van der Waals surface area contributed by atoms with E-state index in [0.29, 0.717) is 27.3 Å². The molecule has 0 unspecified atom stereocenters. The molecule has 154 valence electrons. The highest BCUT2D eigenvalue weighted by Gasteiger charge is 2.13. The van der Waals surface area contributed by atoms with Crippen molar-refractivity contribution in [2.75, 3.05) is 5.75 Å². The third kappa shape index (κ3) is 5.22. The average Bonchev–Trinajstić information content (AvgIpc) is 3.11. The maximum absolute atomic E-state index is 12.1. The van der Waals surface area contributed by atoms with Crippen molar-refractivity contribution in [3.63, 3.8) is 0 Å². The number of hydrogen-bond acceptors (Lipinski definition) is 7. The number of amides is 1. The van der Waals surface area contributed by atoms with Gasteiger partial charge in [0.05, 0.1) is 16.4 Å². The summed E-state index contributed by atoms with van der Waals surface area (Å²) in [7, 11) is 1.82. The molecule has 3 aromatic rings. The first-order valence-corrected chi connectivity index (χ1v) is 10.1. The molecule has 30 heavy (non-hydrogen) atoms. The van der Waals surface area contributed by atoms with Gasteiger partial charge in [0.25, 0.3) is 11.6 Å². The van der Waals surface area contributed by atoms with E-state index in [1.165, 1.54) is 23.9 Å². The minimum atomic E-state index is -0.472. The molecule has 0 fully saturated rings. The van der Waals surface area contributed by atoms with Crippen molar-refractivity contribution in [1.29, 1.82) is 0 Å². The first-order valence-electron chi connectivity index (χ1n) is 8.71. The second-order valence-electron chi connectivity index (χ2n) is 6.20. The highest BCUT2D eigenvalue weighted by molar-refractivity contribution is 7.99. The molecule has 0 bridgehead atoms. The number of thioether (sulfide) groups is 1. The van der Waals surface area contributed by atoms with E-state index < -0.39 is 4.92 Å². The smallest absolute Gasteiger partial charge is 0.269 e. The molecule has 0 aliphatic carbocycles. The van der Waals surface area contributed by atoms with Gasteiger partial charge in [-0.3, -0.25) is 14.9 Å². The number of rotatable bonds is 7. The van der Waals surface area contributed by atoms with E-state index in [1.807, 2.05) is 19.2 Å². The summed E-state index contributed by atoms with van der Waals surface area (Å²) < 4.78 is 1.80. The summed E-state index contributed by atoms with van der Waals surface area (Å²) in [5.74, 6) is 0.461. The van der Waals surface area contributed by atoms with Crippen LogP contribution in [-0.2, 0) is 11.8 Å². The van der Waals surface area contributed by atoms with Crippen LogP contribution in [0.4, 0.5) is 5.69 Å². The number of nitro benzene ring substituents is 1. The Kier molecular flexibility index (Phi) is 6.80. The lowest BCUT2D eigenvalue weighted by atomic mass is 10.1. The fourth-order valence-electron chi connectivity index (χ4n) is 2.49. The average molecular weight is 445 g/mol. The van der Waals surface area contributed by atoms with E-state index in [-0.39, 0.29) is 17.3 Å². The maximum Gasteiger partial charge on any atom is 0.269 e. The van der Waals surface area contributed by atoms with Gasteiger partial charge in [-0.05, 0) is 48.9 Å². The van der Waals surface area contributed by atoms with Crippen LogP contribution in [0.5, 0.6) is 0 Å². The van der Waals surface area contributed by atoms with Crippen molar-refractivity contribution in [3.8, 4) is 11.4 Å². The summed E-state index contributed by atoms with van der Waals surface area (Å²) in [6.07, 6.45) is 0. The van der Waals surface area contributed by atoms with Gasteiger partial charge in [0.15, 0.2) is 11.0 Å². The Bertz CT molecular complexity index is 1100. The Hall–Kier alpha value is -3.24. The number of aromatic nitrogens is 3. The van der Waals surface area contributed by atoms with Crippen molar-refractivity contribution >= 4 is 40.7 Å². The minimum Gasteiger partial charge on any atom is -0.305 e. The van der Waals surface area contributed by atoms with E-state index in [4.69, 9.17) is 11.6 Å². The van der Waals surface area contributed by atoms with E-state index in [0.717, 1.165) is 5.56 Å². The molecular weight excluding hydrogens is 428 g/mol. The van der Waals surface area contributed by atoms with Gasteiger partial charge in [-0.15, -0.1) is 10.2 Å². The SMILES string of the molecule is CC(=NNC(=O)CSc1nnc(-c2ccc(Cl)cc2)n1C)c1ccc([N+](=O)[O-])cc1. The Morgan fingerprint density at radius 1 is 1.20 bits per heavy atom. The molecule has 0 saturated carbocycles. The van der Waals surface area contributed by atoms with Crippen molar-refractivity contribution in [2.24, 2.45) is 12.1 Å². The predicted molar refractivity (Wildman–Crippen MR) is 116 cm³/mol. The largest absolute Gasteiger partial charge is 0.305 e. The number of carbonyl (C=O) groups excluding carboxylic acids is 1. The summed E-state index contributed by atoms with van der Waals surface area (Å²) in [5, 5.41) is 24.3. The number of carbonyl (C=O) groups is 1. The summed E-state index contributed by atoms with van der Waals surface area (Å²) in [5.41, 5.74) is 4.55. The van der Waals surface area contributed by atoms with Gasteiger partial charge in [-0.1, -0.05) is 23.4 Å². The molecule has 0 aliphatic rings. The third-order valence-electron chi connectivity index (χ3n) is 4.11. The van der Waals surface area contributed by atoms with Crippen molar-refractivity contribution < 1.29 is 9.72 Å². The second-order valence-corrected chi connectivity index (χ2v) is 7.58. The number of hydrazone groups is 1. The molecule has 1 amide bonds. The molecule has 1 N–H and O–H groups in total. The van der Waals surface area contributed by atoms with Crippen LogP contribution < -0.4 is 5.43 Å². The Morgan fingerprint density at radius 2 is 1.87 bits per heavy atom. The number of hydrogen-bond donors (Lipinski definition) is 1. The molecule has 9 nitrogen and oxygen atoms in total. The summed E-state index contributed by atoms with van der Waals surface area (Å²) in [6, 6.07) is 13.2. The standard InChI is InChI=1S/C19H17ClN6O3S/c1-12(13-5-9-16(10-6-13)26(28)29)21-22-17(27)11-30-19-24-23-18(25(19)2)14-3-7-15(20)8-4-14/h3-10H,11H2,1-2H3,(H,22,27). The van der Waals surface area contributed by atoms with Crippen molar-refractivity contribution in [3.05, 3.63) is 69.2 Å². The number of benzene rings is 2. The molecule has 0 atom stereocenters. The topological polar surface area (TPSA) is 115 Å². The highest BCUT2D eigenvalue weighted by Crippen LogP contribution is 2.23. The van der Waals surface area contributed by atoms with Crippen molar-refractivity contribution in [1.82, 2.24) is 20.2 Å². The number of halogens is 1. The summed E-state index contributed by atoms with van der Waals surface area (Å²) in [4.78, 5) is 22.4. The molecule has 0 radical (unpaired) electrons. The number of non-ortho nitro benzene ring substituents is 1. The first kappa shape index (κ1) is 21.5. The molecule has 0 spiro atoms. The first-order chi connectivity index (χ1) is 14.3. The number of nitrogens with one attached hydrogen (secondary N) is 1. The van der Waals surface area contributed by atoms with Crippen LogP contribution in [0.3, 0.4) is 0 Å². The third-order valence-corrected chi connectivity index (χ3v) is 5.39. The van der Waals surface area contributed by atoms with Crippen LogP contribution in [0.2, 0.25) is 5.02 Å². The minimum absolute atomic E-state index is 0.00590. The van der Waals surface area contributed by atoms with E-state index in [9.17, 15) is 14.9 Å². The van der Waals surface area contributed by atoms with Gasteiger partial charge in [0.1, 0.15) is 0 Å². The van der Waals surface area contributed by atoms with Gasteiger partial charge in [-0.2, -0.15) is 5.10 Å². The predicted octanol–water partition coefficient (Wildman–Crippen LogP) is 3.68. The monoisotopic (exact) mass is 444 g/mol. The molecule has 11 heteroatoms. The van der Waals surface area contributed by atoms with E-state index in [2.05, 4.69) is 20.7 Å². The van der Waals surface area contributed by atoms with E-state index in [1.54, 1.807) is 35.8 Å². The molecule has 1 aromatic heterocycles. The molecule has 0 aliphatic heterocycles. The van der Waals surface area contributed by atoms with Crippen LogP contribution in [0.25, 0.3) is 11.4 Å². The zero-order valence-electron chi connectivity index (χ0n) is 16.1. The number of nitro groups is 1. The number of nitrogens with zero attached hydrogens (tertiary/aromatic N) is 5. The van der Waals surface area contributed by atoms with Crippen molar-refractivity contribution in [2.45, 2.75) is 12.1 Å². The van der Waals surface area contributed by atoms with Crippen LogP contribution in [0.1, 0.15) is 12.5 Å². The van der Waals surface area contributed by atoms with Crippen LogP contribution in [0.15, 0.2) is 58.8 Å².